The summed E-state index contributed by atoms with van der Waals surface area (Å²) >= 11 is 0. The largest absolute Gasteiger partial charge is 0.443 e. The summed E-state index contributed by atoms with van der Waals surface area (Å²) in [5.41, 5.74) is 3.71. The Kier molecular flexibility index (Phi) is 5.15. The van der Waals surface area contributed by atoms with Gasteiger partial charge in [0.2, 0.25) is 0 Å². The van der Waals surface area contributed by atoms with E-state index in [2.05, 4.69) is 9.97 Å². The Balaban J connectivity index is 2.11. The molecule has 0 aliphatic carbocycles. The first-order valence-electron chi connectivity index (χ1n) is 9.30. The zero-order valence-corrected chi connectivity index (χ0v) is 17.1. The van der Waals surface area contributed by atoms with Crippen LogP contribution in [0.3, 0.4) is 0 Å². The smallest absolute Gasteiger partial charge is 0.415 e. The lowest BCUT2D eigenvalue weighted by molar-refractivity contribution is 0.0567. The number of nitrogens with one attached hydrogen (secondary N) is 1. The molecule has 0 fully saturated rings. The number of benzene rings is 1. The van der Waals surface area contributed by atoms with Crippen molar-refractivity contribution in [1.82, 2.24) is 9.97 Å². The highest BCUT2D eigenvalue weighted by molar-refractivity contribution is 5.91. The van der Waals surface area contributed by atoms with Gasteiger partial charge in [-0.25, -0.2) is 9.18 Å². The number of ether oxygens (including phenoxy) is 1. The first-order valence-corrected chi connectivity index (χ1v) is 9.30. The molecule has 1 unspecified atom stereocenters. The van der Waals surface area contributed by atoms with Crippen LogP contribution in [0.4, 0.5) is 14.9 Å². The summed E-state index contributed by atoms with van der Waals surface area (Å²) in [6.07, 6.45) is 1.23. The number of aromatic nitrogens is 2. The number of carbonyl (C=O) groups is 1. The minimum Gasteiger partial charge on any atom is -0.443 e. The van der Waals surface area contributed by atoms with Gasteiger partial charge >= 0.3 is 6.09 Å². The summed E-state index contributed by atoms with van der Waals surface area (Å²) in [7, 11) is 0. The Morgan fingerprint density at radius 2 is 1.82 bits per heavy atom. The van der Waals surface area contributed by atoms with Crippen LogP contribution in [0.15, 0.2) is 36.5 Å². The van der Waals surface area contributed by atoms with Crippen LogP contribution < -0.4 is 4.90 Å². The molecule has 5 nitrogen and oxygen atoms in total. The standard InChI is InChI=1S/C22H26FN3O2/c1-13-14(2)25-20-18(13)11-12-24-19(20)15(3)26(21(27)28-22(4,5)6)17-9-7-16(23)8-10-17/h7-12,15,25H,1-6H3. The molecule has 0 saturated carbocycles. The van der Waals surface area contributed by atoms with Gasteiger partial charge in [-0.1, -0.05) is 0 Å². The van der Waals surface area contributed by atoms with E-state index in [1.165, 1.54) is 17.0 Å². The average Bonchev–Trinajstić information content (AvgIpc) is 2.90. The van der Waals surface area contributed by atoms with Gasteiger partial charge in [-0.05, 0) is 77.4 Å². The topological polar surface area (TPSA) is 58.2 Å². The molecule has 2 heterocycles. The van der Waals surface area contributed by atoms with Crippen LogP contribution in [0, 0.1) is 19.7 Å². The second-order valence-electron chi connectivity index (χ2n) is 8.00. The van der Waals surface area contributed by atoms with Crippen LogP contribution in [0.2, 0.25) is 0 Å². The molecule has 3 aromatic rings. The van der Waals surface area contributed by atoms with Crippen molar-refractivity contribution in [2.45, 2.75) is 53.2 Å². The molecule has 1 atom stereocenters. The predicted molar refractivity (Wildman–Crippen MR) is 109 cm³/mol. The number of aromatic amines is 1. The molecule has 1 amide bonds. The maximum atomic E-state index is 13.4. The van der Waals surface area contributed by atoms with Gasteiger partial charge in [0.1, 0.15) is 11.4 Å². The van der Waals surface area contributed by atoms with Crippen molar-refractivity contribution in [2.75, 3.05) is 4.90 Å². The number of pyridine rings is 1. The third-order valence-corrected chi connectivity index (χ3v) is 4.74. The maximum absolute atomic E-state index is 13.4. The molecule has 0 aliphatic heterocycles. The van der Waals surface area contributed by atoms with Gasteiger partial charge in [0, 0.05) is 23.0 Å². The van der Waals surface area contributed by atoms with Gasteiger partial charge in [-0.2, -0.15) is 0 Å². The number of aryl methyl sites for hydroxylation is 2. The number of carbonyl (C=O) groups excluding carboxylic acids is 1. The highest BCUT2D eigenvalue weighted by Crippen LogP contribution is 2.33. The van der Waals surface area contributed by atoms with Gasteiger partial charge < -0.3 is 9.72 Å². The number of hydrogen-bond acceptors (Lipinski definition) is 3. The highest BCUT2D eigenvalue weighted by atomic mass is 19.1. The number of fused-ring (bicyclic) bond motifs is 1. The van der Waals surface area contributed by atoms with Crippen LogP contribution in [0.5, 0.6) is 0 Å². The molecule has 0 bridgehead atoms. The van der Waals surface area contributed by atoms with Gasteiger partial charge in [-0.3, -0.25) is 9.88 Å². The molecule has 0 radical (unpaired) electrons. The number of nitrogens with zero attached hydrogens (tertiary/aromatic N) is 2. The summed E-state index contributed by atoms with van der Waals surface area (Å²) in [5.74, 6) is -0.364. The van der Waals surface area contributed by atoms with Gasteiger partial charge in [0.25, 0.3) is 0 Å². The van der Waals surface area contributed by atoms with E-state index in [4.69, 9.17) is 4.74 Å². The maximum Gasteiger partial charge on any atom is 0.415 e. The summed E-state index contributed by atoms with van der Waals surface area (Å²) in [5, 5.41) is 1.07. The lowest BCUT2D eigenvalue weighted by Gasteiger charge is -2.31. The normalized spacial score (nSPS) is 12.8. The molecule has 6 heteroatoms. The quantitative estimate of drug-likeness (QED) is 0.620. The molecule has 1 N–H and O–H groups in total. The van der Waals surface area contributed by atoms with E-state index in [9.17, 15) is 9.18 Å². The van der Waals surface area contributed by atoms with E-state index in [1.807, 2.05) is 47.6 Å². The SMILES string of the molecule is Cc1[nH]c2c(C(C)N(C(=O)OC(C)(C)C)c3ccc(F)cc3)nccc2c1C. The molecule has 148 valence electrons. The number of rotatable bonds is 3. The van der Waals surface area contributed by atoms with E-state index in [1.54, 1.807) is 18.3 Å². The molecular weight excluding hydrogens is 357 g/mol. The molecule has 0 spiro atoms. The van der Waals surface area contributed by atoms with Crippen LogP contribution in [0.25, 0.3) is 10.9 Å². The molecule has 0 saturated heterocycles. The lowest BCUT2D eigenvalue weighted by atomic mass is 10.1. The van der Waals surface area contributed by atoms with Crippen molar-refractivity contribution in [3.05, 3.63) is 59.3 Å². The second-order valence-corrected chi connectivity index (χ2v) is 8.00. The fourth-order valence-electron chi connectivity index (χ4n) is 3.24. The number of H-pyrrole nitrogens is 1. The molecular formula is C22H26FN3O2. The van der Waals surface area contributed by atoms with Crippen molar-refractivity contribution in [3.63, 3.8) is 0 Å². The Labute approximate surface area is 164 Å². The zero-order chi connectivity index (χ0) is 20.6. The summed E-state index contributed by atoms with van der Waals surface area (Å²) in [4.78, 5) is 22.5. The highest BCUT2D eigenvalue weighted by Gasteiger charge is 2.30. The van der Waals surface area contributed by atoms with E-state index in [0.29, 0.717) is 5.69 Å². The van der Waals surface area contributed by atoms with E-state index >= 15 is 0 Å². The van der Waals surface area contributed by atoms with E-state index < -0.39 is 17.7 Å². The van der Waals surface area contributed by atoms with Gasteiger partial charge in [0.15, 0.2) is 0 Å². The first kappa shape index (κ1) is 19.9. The van der Waals surface area contributed by atoms with Crippen molar-refractivity contribution in [3.8, 4) is 0 Å². The van der Waals surface area contributed by atoms with Crippen molar-refractivity contribution >= 4 is 22.7 Å². The fourth-order valence-corrected chi connectivity index (χ4v) is 3.24. The number of anilines is 1. The van der Waals surface area contributed by atoms with Gasteiger partial charge in [0.05, 0.1) is 17.3 Å². The molecule has 28 heavy (non-hydrogen) atoms. The molecule has 3 rings (SSSR count). The minimum atomic E-state index is -0.659. The molecule has 2 aromatic heterocycles. The first-order chi connectivity index (χ1) is 13.1. The Bertz CT molecular complexity index is 1000. The van der Waals surface area contributed by atoms with E-state index in [-0.39, 0.29) is 5.82 Å². The van der Waals surface area contributed by atoms with Crippen LogP contribution in [-0.4, -0.2) is 21.7 Å². The Morgan fingerprint density at radius 3 is 2.43 bits per heavy atom. The monoisotopic (exact) mass is 383 g/mol. The van der Waals surface area contributed by atoms with Crippen LogP contribution in [0.1, 0.15) is 50.7 Å². The third kappa shape index (κ3) is 3.86. The minimum absolute atomic E-state index is 0.364. The zero-order valence-electron chi connectivity index (χ0n) is 17.1. The number of hydrogen-bond donors (Lipinski definition) is 1. The lowest BCUT2D eigenvalue weighted by Crippen LogP contribution is -2.39. The van der Waals surface area contributed by atoms with Crippen molar-refractivity contribution in [1.29, 1.82) is 0 Å². The van der Waals surface area contributed by atoms with Crippen molar-refractivity contribution < 1.29 is 13.9 Å². The van der Waals surface area contributed by atoms with Crippen LogP contribution >= 0.6 is 0 Å². The van der Waals surface area contributed by atoms with Crippen LogP contribution in [-0.2, 0) is 4.74 Å². The Hall–Kier alpha value is -2.89. The van der Waals surface area contributed by atoms with E-state index in [0.717, 1.165) is 27.9 Å². The average molecular weight is 383 g/mol. The Morgan fingerprint density at radius 1 is 1.18 bits per heavy atom. The predicted octanol–water partition coefficient (Wildman–Crippen LogP) is 5.82. The van der Waals surface area contributed by atoms with Crippen molar-refractivity contribution in [2.24, 2.45) is 0 Å². The number of amides is 1. The third-order valence-electron chi connectivity index (χ3n) is 4.74. The molecule has 1 aromatic carbocycles. The summed E-state index contributed by atoms with van der Waals surface area (Å²) in [6.45, 7) is 11.4. The summed E-state index contributed by atoms with van der Waals surface area (Å²) in [6, 6.07) is 7.33. The van der Waals surface area contributed by atoms with Gasteiger partial charge in [-0.15, -0.1) is 0 Å². The molecule has 0 aliphatic rings. The summed E-state index contributed by atoms with van der Waals surface area (Å²) < 4.78 is 19.1. The number of halogens is 1. The fraction of sp³-hybridized carbons (Fsp3) is 0.364. The second kappa shape index (κ2) is 7.26.